The number of benzene rings is 3. The second-order valence-corrected chi connectivity index (χ2v) is 7.70. The smallest absolute Gasteiger partial charge is 0.411 e. The van der Waals surface area contributed by atoms with Gasteiger partial charge in [0.15, 0.2) is 0 Å². The number of anilines is 2. The van der Waals surface area contributed by atoms with E-state index in [4.69, 9.17) is 4.74 Å². The van der Waals surface area contributed by atoms with Crippen molar-refractivity contribution in [2.45, 2.75) is 26.3 Å². The molecule has 0 unspecified atom stereocenters. The van der Waals surface area contributed by atoms with E-state index in [1.807, 2.05) is 62.4 Å². The van der Waals surface area contributed by atoms with Crippen molar-refractivity contribution in [2.75, 3.05) is 16.8 Å². The fraction of sp³-hybridized carbons (Fsp3) is 0.192. The second kappa shape index (κ2) is 10.9. The number of ether oxygens (including phenoxy) is 1. The third-order valence-corrected chi connectivity index (χ3v) is 5.21. The van der Waals surface area contributed by atoms with Crippen molar-refractivity contribution in [2.24, 2.45) is 0 Å². The molecule has 33 heavy (non-hydrogen) atoms. The highest BCUT2D eigenvalue weighted by molar-refractivity contribution is 5.88. The summed E-state index contributed by atoms with van der Waals surface area (Å²) in [6.07, 6.45) is -0.274. The van der Waals surface area contributed by atoms with E-state index in [2.05, 4.69) is 5.32 Å². The van der Waals surface area contributed by atoms with E-state index >= 15 is 0 Å². The third kappa shape index (κ3) is 6.43. The van der Waals surface area contributed by atoms with Crippen LogP contribution in [-0.2, 0) is 14.3 Å². The van der Waals surface area contributed by atoms with Gasteiger partial charge in [0.2, 0.25) is 6.41 Å². The average molecular weight is 447 g/mol. The van der Waals surface area contributed by atoms with E-state index in [0.29, 0.717) is 17.8 Å². The summed E-state index contributed by atoms with van der Waals surface area (Å²) in [5.74, 6) is -1.19. The van der Waals surface area contributed by atoms with Crippen LogP contribution >= 0.6 is 0 Å². The number of carbonyl (C=O) groups is 3. The largest absolute Gasteiger partial charge is 0.480 e. The quantitative estimate of drug-likeness (QED) is 0.450. The Morgan fingerprint density at radius 3 is 1.94 bits per heavy atom. The molecular formula is C26H26N2O5. The standard InChI is InChI=1S/C26H26N2O5/c1-18-3-7-20(8-4-18)21-9-13-23(14-10-21)28(17-29)24(25(30)31)15-16-33-26(32)27-22-11-5-19(2)6-12-22/h3-14,17,24H,15-16H2,1-2H3,(H,27,32)(H,30,31)/t24-/m0/s1. The van der Waals surface area contributed by atoms with Gasteiger partial charge in [-0.1, -0.05) is 59.7 Å². The average Bonchev–Trinajstić information content (AvgIpc) is 2.81. The topological polar surface area (TPSA) is 95.9 Å². The van der Waals surface area contributed by atoms with Gasteiger partial charge in [-0.05, 0) is 49.2 Å². The molecule has 0 saturated carbocycles. The number of carboxylic acid groups (broad SMARTS) is 1. The minimum atomic E-state index is -1.19. The lowest BCUT2D eigenvalue weighted by atomic mass is 10.0. The van der Waals surface area contributed by atoms with Gasteiger partial charge in [0.25, 0.3) is 0 Å². The molecule has 3 aromatic carbocycles. The Balaban J connectivity index is 1.62. The van der Waals surface area contributed by atoms with Crippen LogP contribution in [0.15, 0.2) is 72.8 Å². The van der Waals surface area contributed by atoms with E-state index in [1.54, 1.807) is 24.3 Å². The molecule has 0 aliphatic heterocycles. The van der Waals surface area contributed by atoms with Crippen LogP contribution in [-0.4, -0.2) is 36.2 Å². The van der Waals surface area contributed by atoms with Crippen LogP contribution in [0.25, 0.3) is 11.1 Å². The Hall–Kier alpha value is -4.13. The first-order valence-electron chi connectivity index (χ1n) is 10.5. The van der Waals surface area contributed by atoms with E-state index in [-0.39, 0.29) is 13.0 Å². The van der Waals surface area contributed by atoms with Crippen molar-refractivity contribution >= 4 is 29.8 Å². The Kier molecular flexibility index (Phi) is 7.81. The molecule has 0 aliphatic carbocycles. The number of hydrogen-bond donors (Lipinski definition) is 2. The first-order valence-corrected chi connectivity index (χ1v) is 10.5. The maximum absolute atomic E-state index is 12.0. The van der Waals surface area contributed by atoms with Crippen LogP contribution in [0.4, 0.5) is 16.2 Å². The highest BCUT2D eigenvalue weighted by Crippen LogP contribution is 2.25. The number of nitrogens with one attached hydrogen (secondary N) is 1. The normalized spacial score (nSPS) is 11.3. The summed E-state index contributed by atoms with van der Waals surface area (Å²) < 4.78 is 5.12. The maximum atomic E-state index is 12.0. The first kappa shape index (κ1) is 23.5. The fourth-order valence-electron chi connectivity index (χ4n) is 3.32. The molecule has 0 aromatic heterocycles. The Morgan fingerprint density at radius 2 is 1.42 bits per heavy atom. The van der Waals surface area contributed by atoms with Gasteiger partial charge in [0.1, 0.15) is 6.04 Å². The molecule has 3 aromatic rings. The van der Waals surface area contributed by atoms with Crippen molar-refractivity contribution in [3.05, 3.63) is 83.9 Å². The molecule has 0 spiro atoms. The number of hydrogen-bond acceptors (Lipinski definition) is 4. The molecule has 7 heteroatoms. The van der Waals surface area contributed by atoms with Crippen LogP contribution in [0, 0.1) is 13.8 Å². The van der Waals surface area contributed by atoms with Gasteiger partial charge in [-0.25, -0.2) is 9.59 Å². The molecule has 0 heterocycles. The summed E-state index contributed by atoms with van der Waals surface area (Å²) in [6, 6.07) is 21.1. The SMILES string of the molecule is Cc1ccc(NC(=O)OCC[C@@H](C(=O)O)N(C=O)c2ccc(-c3ccc(C)cc3)cc2)cc1. The molecule has 0 saturated heterocycles. The minimum Gasteiger partial charge on any atom is -0.480 e. The van der Waals surface area contributed by atoms with Crippen molar-refractivity contribution in [1.29, 1.82) is 0 Å². The number of carbonyl (C=O) groups excluding carboxylic acids is 2. The zero-order valence-electron chi connectivity index (χ0n) is 18.5. The zero-order valence-corrected chi connectivity index (χ0v) is 18.5. The molecule has 7 nitrogen and oxygen atoms in total. The first-order chi connectivity index (χ1) is 15.9. The molecule has 170 valence electrons. The van der Waals surface area contributed by atoms with Gasteiger partial charge in [0, 0.05) is 17.8 Å². The van der Waals surface area contributed by atoms with Gasteiger partial charge < -0.3 is 14.7 Å². The van der Waals surface area contributed by atoms with Crippen molar-refractivity contribution in [3.8, 4) is 11.1 Å². The van der Waals surface area contributed by atoms with E-state index in [9.17, 15) is 19.5 Å². The predicted octanol–water partition coefficient (Wildman–Crippen LogP) is 5.03. The lowest BCUT2D eigenvalue weighted by Gasteiger charge is -2.25. The van der Waals surface area contributed by atoms with E-state index in [1.165, 1.54) is 0 Å². The number of rotatable bonds is 9. The summed E-state index contributed by atoms with van der Waals surface area (Å²) in [4.78, 5) is 36.7. The highest BCUT2D eigenvalue weighted by Gasteiger charge is 2.26. The third-order valence-electron chi connectivity index (χ3n) is 5.21. The van der Waals surface area contributed by atoms with Crippen LogP contribution in [0.5, 0.6) is 0 Å². The second-order valence-electron chi connectivity index (χ2n) is 7.70. The van der Waals surface area contributed by atoms with Gasteiger partial charge >= 0.3 is 12.1 Å². The van der Waals surface area contributed by atoms with Crippen LogP contribution in [0.2, 0.25) is 0 Å². The van der Waals surface area contributed by atoms with Gasteiger partial charge in [-0.3, -0.25) is 10.1 Å². The van der Waals surface area contributed by atoms with Gasteiger partial charge in [-0.2, -0.15) is 0 Å². The Morgan fingerprint density at radius 1 is 0.909 bits per heavy atom. The molecule has 3 rings (SSSR count). The maximum Gasteiger partial charge on any atom is 0.411 e. The molecule has 2 amide bonds. The highest BCUT2D eigenvalue weighted by atomic mass is 16.5. The summed E-state index contributed by atoms with van der Waals surface area (Å²) in [5, 5.41) is 12.2. The molecule has 2 N–H and O–H groups in total. The minimum absolute atomic E-state index is 0.0604. The number of aliphatic carboxylic acids is 1. The van der Waals surface area contributed by atoms with Crippen LogP contribution < -0.4 is 10.2 Å². The molecular weight excluding hydrogens is 420 g/mol. The summed E-state index contributed by atoms with van der Waals surface area (Å²) in [5.41, 5.74) is 5.20. The van der Waals surface area contributed by atoms with Crippen LogP contribution in [0.1, 0.15) is 17.5 Å². The van der Waals surface area contributed by atoms with Crippen molar-refractivity contribution in [1.82, 2.24) is 0 Å². The molecule has 0 radical (unpaired) electrons. The Bertz CT molecular complexity index is 1090. The summed E-state index contributed by atoms with van der Waals surface area (Å²) >= 11 is 0. The predicted molar refractivity (Wildman–Crippen MR) is 127 cm³/mol. The number of amides is 2. The molecule has 0 aliphatic rings. The van der Waals surface area contributed by atoms with E-state index in [0.717, 1.165) is 27.2 Å². The summed E-state index contributed by atoms with van der Waals surface area (Å²) in [7, 11) is 0. The van der Waals surface area contributed by atoms with Crippen molar-refractivity contribution in [3.63, 3.8) is 0 Å². The van der Waals surface area contributed by atoms with Gasteiger partial charge in [-0.15, -0.1) is 0 Å². The van der Waals surface area contributed by atoms with Crippen molar-refractivity contribution < 1.29 is 24.2 Å². The lowest BCUT2D eigenvalue weighted by molar-refractivity contribution is -0.139. The monoisotopic (exact) mass is 446 g/mol. The molecule has 0 fully saturated rings. The van der Waals surface area contributed by atoms with Gasteiger partial charge in [0.05, 0.1) is 6.61 Å². The zero-order chi connectivity index (χ0) is 23.8. The lowest BCUT2D eigenvalue weighted by Crippen LogP contribution is -2.41. The van der Waals surface area contributed by atoms with Crippen LogP contribution in [0.3, 0.4) is 0 Å². The molecule has 0 bridgehead atoms. The Labute approximate surface area is 192 Å². The van der Waals surface area contributed by atoms with E-state index < -0.39 is 18.1 Å². The number of nitrogens with zero attached hydrogens (tertiary/aromatic N) is 1. The molecule has 1 atom stereocenters. The summed E-state index contributed by atoms with van der Waals surface area (Å²) in [6.45, 7) is 3.78. The number of aryl methyl sites for hydroxylation is 2. The number of carboxylic acids is 1. The fourth-order valence-corrected chi connectivity index (χ4v) is 3.32.